The van der Waals surface area contributed by atoms with Crippen molar-refractivity contribution in [3.05, 3.63) is 63.8 Å². The number of aromatic amines is 1. The maximum atomic E-state index is 13.4. The molecule has 0 saturated carbocycles. The van der Waals surface area contributed by atoms with Crippen LogP contribution in [0.2, 0.25) is 5.02 Å². The van der Waals surface area contributed by atoms with Gasteiger partial charge in [0.1, 0.15) is 5.52 Å². The molecule has 0 aliphatic heterocycles. The lowest BCUT2D eigenvalue weighted by Gasteiger charge is -2.13. The Bertz CT molecular complexity index is 1260. The summed E-state index contributed by atoms with van der Waals surface area (Å²) in [6.45, 7) is 0. The number of rotatable bonds is 2. The fourth-order valence-corrected chi connectivity index (χ4v) is 2.98. The highest BCUT2D eigenvalue weighted by Crippen LogP contribution is 2.34. The van der Waals surface area contributed by atoms with Gasteiger partial charge >= 0.3 is 11.9 Å². The number of nitrogen functional groups attached to an aromatic ring is 1. The summed E-state index contributed by atoms with van der Waals surface area (Å²) < 4.78 is 41.1. The van der Waals surface area contributed by atoms with Crippen LogP contribution in [0.15, 0.2) is 47.5 Å². The van der Waals surface area contributed by atoms with E-state index in [1.54, 1.807) is 0 Å². The van der Waals surface area contributed by atoms with Crippen molar-refractivity contribution >= 4 is 28.6 Å². The number of anilines is 1. The van der Waals surface area contributed by atoms with E-state index in [-0.39, 0.29) is 28.5 Å². The average molecular weight is 407 g/mol. The largest absolute Gasteiger partial charge is 0.418 e. The summed E-state index contributed by atoms with van der Waals surface area (Å²) in [6, 6.07) is 6.21. The number of aromatic nitrogens is 5. The summed E-state index contributed by atoms with van der Waals surface area (Å²) in [4.78, 5) is 27.1. The molecule has 1 aromatic carbocycles. The zero-order chi connectivity index (χ0) is 20.1. The zero-order valence-corrected chi connectivity index (χ0v) is 14.6. The normalized spacial score (nSPS) is 11.9. The quantitative estimate of drug-likeness (QED) is 0.531. The molecule has 4 aromatic rings. The molecule has 0 atom stereocenters. The maximum absolute atomic E-state index is 13.4. The predicted molar refractivity (Wildman–Crippen MR) is 97.1 cm³/mol. The number of alkyl halides is 3. The number of benzene rings is 1. The van der Waals surface area contributed by atoms with Crippen LogP contribution < -0.4 is 11.4 Å². The van der Waals surface area contributed by atoms with Gasteiger partial charge in [-0.25, -0.2) is 19.3 Å². The molecule has 0 spiro atoms. The zero-order valence-electron chi connectivity index (χ0n) is 13.8. The molecular formula is C17H10ClF3N6O. The molecule has 3 heterocycles. The Morgan fingerprint density at radius 1 is 1.14 bits per heavy atom. The number of halogens is 4. The van der Waals surface area contributed by atoms with E-state index in [4.69, 9.17) is 17.3 Å². The van der Waals surface area contributed by atoms with Crippen LogP contribution in [0.1, 0.15) is 5.56 Å². The Morgan fingerprint density at radius 3 is 2.61 bits per heavy atom. The van der Waals surface area contributed by atoms with Crippen molar-refractivity contribution < 1.29 is 13.2 Å². The number of nitrogens with zero attached hydrogens (tertiary/aromatic N) is 4. The molecule has 0 unspecified atom stereocenters. The average Bonchev–Trinajstić information content (AvgIpc) is 2.97. The van der Waals surface area contributed by atoms with Crippen LogP contribution in [0.5, 0.6) is 0 Å². The maximum Gasteiger partial charge on any atom is 0.418 e. The van der Waals surface area contributed by atoms with Crippen LogP contribution in [0.3, 0.4) is 0 Å². The minimum Gasteiger partial charge on any atom is -0.382 e. The predicted octanol–water partition coefficient (Wildman–Crippen LogP) is 3.43. The Labute approximate surface area is 159 Å². The van der Waals surface area contributed by atoms with Gasteiger partial charge in [-0.15, -0.1) is 0 Å². The Kier molecular flexibility index (Phi) is 4.07. The molecule has 0 saturated heterocycles. The van der Waals surface area contributed by atoms with Crippen molar-refractivity contribution in [2.75, 3.05) is 5.73 Å². The van der Waals surface area contributed by atoms with Crippen molar-refractivity contribution in [1.29, 1.82) is 0 Å². The van der Waals surface area contributed by atoms with E-state index in [0.29, 0.717) is 10.6 Å². The summed E-state index contributed by atoms with van der Waals surface area (Å²) in [6.07, 6.45) is -1.85. The van der Waals surface area contributed by atoms with Gasteiger partial charge < -0.3 is 10.7 Å². The molecule has 4 rings (SSSR count). The highest BCUT2D eigenvalue weighted by Gasteiger charge is 2.34. The second-order valence-corrected chi connectivity index (χ2v) is 6.24. The van der Waals surface area contributed by atoms with Crippen molar-refractivity contribution in [2.24, 2.45) is 0 Å². The van der Waals surface area contributed by atoms with Crippen LogP contribution in [0.4, 0.5) is 19.0 Å². The number of hydrogen-bond donors (Lipinski definition) is 2. The smallest absolute Gasteiger partial charge is 0.382 e. The van der Waals surface area contributed by atoms with Crippen molar-refractivity contribution in [1.82, 2.24) is 24.5 Å². The Hall–Kier alpha value is -3.40. The number of fused-ring (bicyclic) bond motifs is 1. The molecule has 0 aliphatic rings. The van der Waals surface area contributed by atoms with Crippen LogP contribution in [0.25, 0.3) is 28.2 Å². The van der Waals surface area contributed by atoms with Gasteiger partial charge in [0.05, 0.1) is 16.3 Å². The first-order valence-corrected chi connectivity index (χ1v) is 8.19. The van der Waals surface area contributed by atoms with E-state index in [0.717, 1.165) is 10.6 Å². The van der Waals surface area contributed by atoms with Gasteiger partial charge in [0.15, 0.2) is 17.3 Å². The topological polar surface area (TPSA) is 102 Å². The van der Waals surface area contributed by atoms with E-state index in [9.17, 15) is 18.0 Å². The van der Waals surface area contributed by atoms with E-state index in [1.165, 1.54) is 36.7 Å². The molecular weight excluding hydrogens is 397 g/mol. The minimum absolute atomic E-state index is 0.0284. The molecule has 0 radical (unpaired) electrons. The molecule has 3 N–H and O–H groups in total. The molecule has 28 heavy (non-hydrogen) atoms. The number of nitrogens with two attached hydrogens (primary N) is 1. The van der Waals surface area contributed by atoms with Crippen LogP contribution >= 0.6 is 11.6 Å². The van der Waals surface area contributed by atoms with Gasteiger partial charge in [0.25, 0.3) is 0 Å². The second kappa shape index (κ2) is 6.34. The molecule has 7 nitrogen and oxygen atoms in total. The Balaban J connectivity index is 2.04. The fourth-order valence-electron chi connectivity index (χ4n) is 2.80. The van der Waals surface area contributed by atoms with E-state index in [2.05, 4.69) is 19.9 Å². The lowest BCUT2D eigenvalue weighted by Crippen LogP contribution is -2.19. The minimum atomic E-state index is -4.67. The molecule has 0 bridgehead atoms. The first-order valence-electron chi connectivity index (χ1n) is 7.81. The summed E-state index contributed by atoms with van der Waals surface area (Å²) in [7, 11) is 0. The lowest BCUT2D eigenvalue weighted by molar-refractivity contribution is -0.137. The number of pyridine rings is 1. The third-order valence-electron chi connectivity index (χ3n) is 3.98. The lowest BCUT2D eigenvalue weighted by atomic mass is 10.1. The summed E-state index contributed by atoms with van der Waals surface area (Å²) in [5.41, 5.74) is 4.05. The molecule has 0 amide bonds. The second-order valence-electron chi connectivity index (χ2n) is 5.80. The van der Waals surface area contributed by atoms with Gasteiger partial charge in [-0.05, 0) is 18.2 Å². The monoisotopic (exact) mass is 406 g/mol. The number of nitrogens with one attached hydrogen (secondary N) is 1. The Morgan fingerprint density at radius 2 is 1.89 bits per heavy atom. The van der Waals surface area contributed by atoms with Gasteiger partial charge in [0, 0.05) is 18.0 Å². The van der Waals surface area contributed by atoms with Gasteiger partial charge in [-0.1, -0.05) is 23.7 Å². The number of H-pyrrole nitrogens is 1. The summed E-state index contributed by atoms with van der Waals surface area (Å²) in [5.74, 6) is -0.0300. The molecule has 11 heteroatoms. The SMILES string of the molecule is Nc1nc(-c2cncc(Cl)c2)nc2c1[nH]c(=O)n2-c1ccccc1C(F)(F)F. The highest BCUT2D eigenvalue weighted by molar-refractivity contribution is 6.30. The molecule has 3 aromatic heterocycles. The van der Waals surface area contributed by atoms with Gasteiger partial charge in [-0.2, -0.15) is 13.2 Å². The van der Waals surface area contributed by atoms with E-state index < -0.39 is 17.4 Å². The fraction of sp³-hybridized carbons (Fsp3) is 0.0588. The van der Waals surface area contributed by atoms with Gasteiger partial charge in [-0.3, -0.25) is 4.98 Å². The van der Waals surface area contributed by atoms with E-state index in [1.807, 2.05) is 0 Å². The van der Waals surface area contributed by atoms with Crippen LogP contribution in [-0.2, 0) is 6.18 Å². The molecule has 142 valence electrons. The number of imidazole rings is 1. The highest BCUT2D eigenvalue weighted by atomic mass is 35.5. The van der Waals surface area contributed by atoms with Crippen molar-refractivity contribution in [2.45, 2.75) is 6.18 Å². The summed E-state index contributed by atoms with van der Waals surface area (Å²) >= 11 is 5.92. The van der Waals surface area contributed by atoms with Crippen molar-refractivity contribution in [3.8, 4) is 17.1 Å². The van der Waals surface area contributed by atoms with Crippen LogP contribution in [0, 0.1) is 0 Å². The van der Waals surface area contributed by atoms with Gasteiger partial charge in [0.2, 0.25) is 0 Å². The standard InChI is InChI=1S/C17H10ClF3N6O/c18-9-5-8(6-23-7-9)14-25-13(22)12-15(26-14)27(16(28)24-12)11-4-2-1-3-10(11)17(19,20)21/h1-7H,(H,24,28)(H2,22,25,26). The van der Waals surface area contributed by atoms with E-state index >= 15 is 0 Å². The third-order valence-corrected chi connectivity index (χ3v) is 4.18. The third kappa shape index (κ3) is 2.97. The first-order chi connectivity index (χ1) is 13.3. The first kappa shape index (κ1) is 18.0. The number of para-hydroxylation sites is 1. The van der Waals surface area contributed by atoms with Crippen molar-refractivity contribution in [3.63, 3.8) is 0 Å². The molecule has 0 aliphatic carbocycles. The summed E-state index contributed by atoms with van der Waals surface area (Å²) in [5, 5.41) is 0.314. The molecule has 0 fully saturated rings. The van der Waals surface area contributed by atoms with Crippen LogP contribution in [-0.4, -0.2) is 24.5 Å². The number of hydrogen-bond acceptors (Lipinski definition) is 5.